The van der Waals surface area contributed by atoms with Crippen LogP contribution in [0.4, 0.5) is 0 Å². The predicted molar refractivity (Wildman–Crippen MR) is 83.4 cm³/mol. The summed E-state index contributed by atoms with van der Waals surface area (Å²) in [7, 11) is -3.80. The zero-order valence-electron chi connectivity index (χ0n) is 12.9. The molecule has 0 bridgehead atoms. The summed E-state index contributed by atoms with van der Waals surface area (Å²) in [5.74, 6) is -1.23. The van der Waals surface area contributed by atoms with Crippen molar-refractivity contribution in [1.82, 2.24) is 9.62 Å². The first-order valence-electron chi connectivity index (χ1n) is 7.40. The van der Waals surface area contributed by atoms with Gasteiger partial charge < -0.3 is 10.4 Å². The van der Waals surface area contributed by atoms with Crippen molar-refractivity contribution in [2.75, 3.05) is 13.1 Å². The van der Waals surface area contributed by atoms with Crippen molar-refractivity contribution in [1.29, 1.82) is 0 Å². The van der Waals surface area contributed by atoms with Crippen molar-refractivity contribution >= 4 is 21.9 Å². The highest BCUT2D eigenvalue weighted by atomic mass is 32.2. The van der Waals surface area contributed by atoms with Gasteiger partial charge in [-0.1, -0.05) is 12.1 Å². The third-order valence-electron chi connectivity index (χ3n) is 3.81. The number of rotatable bonds is 6. The Bertz CT molecular complexity index is 684. The van der Waals surface area contributed by atoms with Crippen LogP contribution in [0.1, 0.15) is 25.3 Å². The zero-order chi connectivity index (χ0) is 17.0. The number of nitrogens with zero attached hydrogens (tertiary/aromatic N) is 1. The van der Waals surface area contributed by atoms with Crippen LogP contribution in [0.3, 0.4) is 0 Å². The van der Waals surface area contributed by atoms with E-state index in [-0.39, 0.29) is 17.3 Å². The van der Waals surface area contributed by atoms with Crippen molar-refractivity contribution in [2.45, 2.75) is 37.1 Å². The van der Waals surface area contributed by atoms with E-state index in [1.807, 2.05) is 0 Å². The average Bonchev–Trinajstić information content (AvgIpc) is 2.98. The van der Waals surface area contributed by atoms with Gasteiger partial charge in [0.15, 0.2) is 0 Å². The summed E-state index contributed by atoms with van der Waals surface area (Å²) in [6, 6.07) is 5.34. The third-order valence-corrected chi connectivity index (χ3v) is 5.73. The molecule has 126 valence electrons. The number of carboxylic acids is 1. The molecule has 2 N–H and O–H groups in total. The van der Waals surface area contributed by atoms with E-state index in [1.165, 1.54) is 19.1 Å². The van der Waals surface area contributed by atoms with E-state index in [0.29, 0.717) is 25.8 Å². The number of carbonyl (C=O) groups excluding carboxylic acids is 1. The SMILES string of the molecule is CC(=O)NCCc1ccc(S(=O)(=O)N2CCC[C@H]2C(=O)O)cc1. The molecule has 1 aromatic rings. The van der Waals surface area contributed by atoms with Crippen LogP contribution in [-0.4, -0.2) is 48.8 Å². The van der Waals surface area contributed by atoms with E-state index in [4.69, 9.17) is 5.11 Å². The minimum atomic E-state index is -3.80. The summed E-state index contributed by atoms with van der Waals surface area (Å²) in [6.45, 7) is 2.14. The quantitative estimate of drug-likeness (QED) is 0.789. The minimum absolute atomic E-state index is 0.0916. The Kier molecular flexibility index (Phi) is 5.38. The standard InChI is InChI=1S/C15H20N2O5S/c1-11(18)16-9-8-12-4-6-13(7-5-12)23(21,22)17-10-2-3-14(17)15(19)20/h4-7,14H,2-3,8-10H2,1H3,(H,16,18)(H,19,20)/t14-/m0/s1. The number of hydrogen-bond acceptors (Lipinski definition) is 4. The first kappa shape index (κ1) is 17.4. The molecule has 1 fully saturated rings. The van der Waals surface area contributed by atoms with Crippen molar-refractivity contribution in [3.63, 3.8) is 0 Å². The van der Waals surface area contributed by atoms with Crippen LogP contribution in [0, 0.1) is 0 Å². The van der Waals surface area contributed by atoms with E-state index in [1.54, 1.807) is 12.1 Å². The van der Waals surface area contributed by atoms with Gasteiger partial charge in [0.2, 0.25) is 15.9 Å². The molecule has 1 heterocycles. The summed E-state index contributed by atoms with van der Waals surface area (Å²) in [6.07, 6.45) is 1.48. The van der Waals surface area contributed by atoms with Crippen LogP contribution in [-0.2, 0) is 26.0 Å². The topological polar surface area (TPSA) is 104 Å². The number of carboxylic acid groups (broad SMARTS) is 1. The maximum Gasteiger partial charge on any atom is 0.322 e. The first-order chi connectivity index (χ1) is 10.8. The molecule has 0 saturated carbocycles. The number of carbonyl (C=O) groups is 2. The van der Waals surface area contributed by atoms with Gasteiger partial charge in [0.05, 0.1) is 4.90 Å². The van der Waals surface area contributed by atoms with Gasteiger partial charge in [-0.2, -0.15) is 4.31 Å². The number of hydrogen-bond donors (Lipinski definition) is 2. The van der Waals surface area contributed by atoms with Crippen molar-refractivity contribution in [3.05, 3.63) is 29.8 Å². The Morgan fingerprint density at radius 2 is 1.96 bits per heavy atom. The second-order valence-corrected chi connectivity index (χ2v) is 7.38. The zero-order valence-corrected chi connectivity index (χ0v) is 13.7. The number of aliphatic carboxylic acids is 1. The average molecular weight is 340 g/mol. The highest BCUT2D eigenvalue weighted by Gasteiger charge is 2.39. The normalized spacial score (nSPS) is 18.7. The van der Waals surface area contributed by atoms with Gasteiger partial charge in [0, 0.05) is 20.0 Å². The molecule has 7 nitrogen and oxygen atoms in total. The summed E-state index contributed by atoms with van der Waals surface area (Å²) in [4.78, 5) is 22.1. The lowest BCUT2D eigenvalue weighted by Gasteiger charge is -2.21. The fourth-order valence-corrected chi connectivity index (χ4v) is 4.27. The molecule has 1 atom stereocenters. The molecule has 1 aromatic carbocycles. The van der Waals surface area contributed by atoms with Crippen LogP contribution in [0.2, 0.25) is 0 Å². The van der Waals surface area contributed by atoms with Gasteiger partial charge in [-0.05, 0) is 37.0 Å². The summed E-state index contributed by atoms with van der Waals surface area (Å²) < 4.78 is 26.2. The van der Waals surface area contributed by atoms with Gasteiger partial charge >= 0.3 is 5.97 Å². The first-order valence-corrected chi connectivity index (χ1v) is 8.84. The lowest BCUT2D eigenvalue weighted by atomic mass is 10.1. The minimum Gasteiger partial charge on any atom is -0.480 e. The van der Waals surface area contributed by atoms with E-state index >= 15 is 0 Å². The number of amides is 1. The number of sulfonamides is 1. The van der Waals surface area contributed by atoms with Crippen molar-refractivity contribution < 1.29 is 23.1 Å². The Balaban J connectivity index is 2.11. The third kappa shape index (κ3) is 4.08. The Labute approximate surface area is 135 Å². The van der Waals surface area contributed by atoms with Gasteiger partial charge in [0.25, 0.3) is 0 Å². The maximum atomic E-state index is 12.6. The molecule has 0 spiro atoms. The molecule has 2 rings (SSSR count). The van der Waals surface area contributed by atoms with Gasteiger partial charge in [-0.25, -0.2) is 8.42 Å². The molecular formula is C15H20N2O5S. The van der Waals surface area contributed by atoms with E-state index < -0.39 is 22.0 Å². The van der Waals surface area contributed by atoms with Gasteiger partial charge in [-0.15, -0.1) is 0 Å². The molecule has 0 unspecified atom stereocenters. The Morgan fingerprint density at radius 1 is 1.30 bits per heavy atom. The molecule has 1 aliphatic heterocycles. The fourth-order valence-electron chi connectivity index (χ4n) is 2.62. The van der Waals surface area contributed by atoms with Crippen LogP contribution in [0.25, 0.3) is 0 Å². The largest absolute Gasteiger partial charge is 0.480 e. The number of nitrogens with one attached hydrogen (secondary N) is 1. The second-order valence-electron chi connectivity index (χ2n) is 5.49. The Morgan fingerprint density at radius 3 is 2.52 bits per heavy atom. The summed E-state index contributed by atoms with van der Waals surface area (Å²) in [5, 5.41) is 11.8. The highest BCUT2D eigenvalue weighted by molar-refractivity contribution is 7.89. The molecule has 0 radical (unpaired) electrons. The van der Waals surface area contributed by atoms with Gasteiger partial charge in [0.1, 0.15) is 6.04 Å². The molecule has 8 heteroatoms. The molecule has 1 saturated heterocycles. The number of benzene rings is 1. The molecule has 1 amide bonds. The van der Waals surface area contributed by atoms with Crippen LogP contribution in [0.15, 0.2) is 29.2 Å². The maximum absolute atomic E-state index is 12.6. The second kappa shape index (κ2) is 7.10. The van der Waals surface area contributed by atoms with Crippen LogP contribution >= 0.6 is 0 Å². The smallest absolute Gasteiger partial charge is 0.322 e. The van der Waals surface area contributed by atoms with Crippen molar-refractivity contribution in [2.24, 2.45) is 0 Å². The lowest BCUT2D eigenvalue weighted by Crippen LogP contribution is -2.40. The highest BCUT2D eigenvalue weighted by Crippen LogP contribution is 2.26. The van der Waals surface area contributed by atoms with Crippen LogP contribution in [0.5, 0.6) is 0 Å². The molecule has 23 heavy (non-hydrogen) atoms. The van der Waals surface area contributed by atoms with E-state index in [0.717, 1.165) is 9.87 Å². The van der Waals surface area contributed by atoms with Gasteiger partial charge in [-0.3, -0.25) is 9.59 Å². The van der Waals surface area contributed by atoms with Crippen LogP contribution < -0.4 is 5.32 Å². The predicted octanol–water partition coefficient (Wildman–Crippen LogP) is 0.603. The fraction of sp³-hybridized carbons (Fsp3) is 0.467. The molecule has 0 aliphatic carbocycles. The summed E-state index contributed by atoms with van der Waals surface area (Å²) >= 11 is 0. The van der Waals surface area contributed by atoms with E-state index in [2.05, 4.69) is 5.32 Å². The monoisotopic (exact) mass is 340 g/mol. The molecule has 0 aromatic heterocycles. The summed E-state index contributed by atoms with van der Waals surface area (Å²) in [5.41, 5.74) is 0.897. The Hall–Kier alpha value is -1.93. The van der Waals surface area contributed by atoms with Crippen molar-refractivity contribution in [3.8, 4) is 0 Å². The van der Waals surface area contributed by atoms with E-state index in [9.17, 15) is 18.0 Å². The molecular weight excluding hydrogens is 320 g/mol. The molecule has 1 aliphatic rings. The lowest BCUT2D eigenvalue weighted by molar-refractivity contribution is -0.140.